The molecule has 0 aliphatic carbocycles. The average molecular weight is 386 g/mol. The Kier molecular flexibility index (Phi) is 4.36. The van der Waals surface area contributed by atoms with Gasteiger partial charge in [0.2, 0.25) is 0 Å². The van der Waals surface area contributed by atoms with Crippen LogP contribution in [0, 0.1) is 17.1 Å². The molecule has 2 N–H and O–H groups in total. The summed E-state index contributed by atoms with van der Waals surface area (Å²) in [5, 5.41) is 9.35. The summed E-state index contributed by atoms with van der Waals surface area (Å²) in [7, 11) is 0. The predicted octanol–water partition coefficient (Wildman–Crippen LogP) is 3.73. The summed E-state index contributed by atoms with van der Waals surface area (Å²) in [6, 6.07) is 11.4. The minimum absolute atomic E-state index is 0.174. The summed E-state index contributed by atoms with van der Waals surface area (Å²) in [6.07, 6.45) is 1.65. The first-order valence-corrected chi connectivity index (χ1v) is 8.01. The molecule has 1 heterocycles. The second-order valence-electron chi connectivity index (χ2n) is 5.48. The van der Waals surface area contributed by atoms with Crippen LogP contribution in [0.25, 0.3) is 6.08 Å². The molecule has 0 saturated carbocycles. The van der Waals surface area contributed by atoms with E-state index in [1.807, 2.05) is 6.07 Å². The van der Waals surface area contributed by atoms with Crippen LogP contribution >= 0.6 is 15.9 Å². The zero-order valence-corrected chi connectivity index (χ0v) is 14.2. The molecule has 0 radical (unpaired) electrons. The normalized spacial score (nSPS) is 13.8. The maximum atomic E-state index is 13.0. The minimum Gasteiger partial charge on any atom is -0.398 e. The van der Waals surface area contributed by atoms with Gasteiger partial charge in [0, 0.05) is 27.8 Å². The number of nitrogens with two attached hydrogens (primary N) is 1. The molecule has 0 spiro atoms. The third-order valence-electron chi connectivity index (χ3n) is 3.85. The van der Waals surface area contributed by atoms with Crippen LogP contribution in [0.4, 0.5) is 10.1 Å². The molecular weight excluding hydrogens is 373 g/mol. The van der Waals surface area contributed by atoms with E-state index >= 15 is 0 Å². The minimum atomic E-state index is -0.337. The Morgan fingerprint density at radius 3 is 2.67 bits per heavy atom. The van der Waals surface area contributed by atoms with Crippen LogP contribution in [0.5, 0.6) is 0 Å². The zero-order chi connectivity index (χ0) is 17.3. The average Bonchev–Trinajstić information content (AvgIpc) is 2.90. The fraction of sp³-hybridized carbons (Fsp3) is 0.111. The number of hydrogen-bond acceptors (Lipinski definition) is 3. The highest BCUT2D eigenvalue weighted by Crippen LogP contribution is 2.33. The fourth-order valence-corrected chi connectivity index (χ4v) is 3.13. The number of rotatable bonds is 3. The van der Waals surface area contributed by atoms with Crippen LogP contribution in [0.2, 0.25) is 0 Å². The van der Waals surface area contributed by atoms with Crippen molar-refractivity contribution >= 4 is 33.6 Å². The van der Waals surface area contributed by atoms with E-state index in [4.69, 9.17) is 5.73 Å². The lowest BCUT2D eigenvalue weighted by atomic mass is 10.1. The van der Waals surface area contributed by atoms with Crippen LogP contribution in [-0.2, 0) is 6.54 Å². The molecule has 1 amide bonds. The molecule has 0 atom stereocenters. The monoisotopic (exact) mass is 385 g/mol. The van der Waals surface area contributed by atoms with Gasteiger partial charge in [-0.05, 0) is 35.9 Å². The van der Waals surface area contributed by atoms with Gasteiger partial charge in [-0.2, -0.15) is 5.26 Å². The standard InChI is InChI=1S/C18H13BrFN3O/c19-15-5-6-16(22)17-14(15)10-23(18(17)24)9-12(8-21)7-11-1-3-13(20)4-2-11/h1-7H,9-10,22H2/b12-7+. The number of nitrogens with zero attached hydrogens (tertiary/aromatic N) is 2. The molecule has 0 fully saturated rings. The van der Waals surface area contributed by atoms with Crippen LogP contribution < -0.4 is 5.73 Å². The van der Waals surface area contributed by atoms with Crippen molar-refractivity contribution in [2.24, 2.45) is 0 Å². The van der Waals surface area contributed by atoms with Gasteiger partial charge in [-0.25, -0.2) is 4.39 Å². The summed E-state index contributed by atoms with van der Waals surface area (Å²) < 4.78 is 13.8. The molecule has 0 saturated heterocycles. The smallest absolute Gasteiger partial charge is 0.256 e. The Balaban J connectivity index is 1.85. The van der Waals surface area contributed by atoms with Crippen molar-refractivity contribution in [1.82, 2.24) is 4.90 Å². The number of hydrogen-bond donors (Lipinski definition) is 1. The van der Waals surface area contributed by atoms with E-state index in [1.165, 1.54) is 12.1 Å². The van der Waals surface area contributed by atoms with Gasteiger partial charge in [-0.15, -0.1) is 0 Å². The molecule has 2 aromatic rings. The van der Waals surface area contributed by atoms with Gasteiger partial charge in [0.1, 0.15) is 5.82 Å². The van der Waals surface area contributed by atoms with Crippen molar-refractivity contribution in [3.05, 3.63) is 69.0 Å². The largest absolute Gasteiger partial charge is 0.398 e. The maximum Gasteiger partial charge on any atom is 0.256 e. The number of nitrogen functional groups attached to an aromatic ring is 1. The van der Waals surface area contributed by atoms with Crippen molar-refractivity contribution < 1.29 is 9.18 Å². The number of amides is 1. The summed E-state index contributed by atoms with van der Waals surface area (Å²) in [6.45, 7) is 0.565. The van der Waals surface area contributed by atoms with Crippen LogP contribution in [0.1, 0.15) is 21.5 Å². The van der Waals surface area contributed by atoms with E-state index in [1.54, 1.807) is 29.2 Å². The first-order chi connectivity index (χ1) is 11.5. The number of fused-ring (bicyclic) bond motifs is 1. The Bertz CT molecular complexity index is 884. The lowest BCUT2D eigenvalue weighted by molar-refractivity contribution is 0.0795. The summed E-state index contributed by atoms with van der Waals surface area (Å²) in [4.78, 5) is 14.1. The Morgan fingerprint density at radius 2 is 2.04 bits per heavy atom. The topological polar surface area (TPSA) is 70.1 Å². The molecule has 120 valence electrons. The highest BCUT2D eigenvalue weighted by Gasteiger charge is 2.31. The molecule has 4 nitrogen and oxygen atoms in total. The highest BCUT2D eigenvalue weighted by atomic mass is 79.9. The van der Waals surface area contributed by atoms with Crippen LogP contribution in [0.3, 0.4) is 0 Å². The Morgan fingerprint density at radius 1 is 1.33 bits per heavy atom. The highest BCUT2D eigenvalue weighted by molar-refractivity contribution is 9.10. The van der Waals surface area contributed by atoms with Gasteiger partial charge in [-0.3, -0.25) is 4.79 Å². The van der Waals surface area contributed by atoms with Crippen molar-refractivity contribution in [3.63, 3.8) is 0 Å². The number of carbonyl (C=O) groups is 1. The zero-order valence-electron chi connectivity index (χ0n) is 12.6. The van der Waals surface area contributed by atoms with Gasteiger partial charge in [-0.1, -0.05) is 28.1 Å². The summed E-state index contributed by atoms with van der Waals surface area (Å²) in [5.41, 5.74) is 8.79. The van der Waals surface area contributed by atoms with Crippen LogP contribution in [0.15, 0.2) is 46.4 Å². The second-order valence-corrected chi connectivity index (χ2v) is 6.34. The van der Waals surface area contributed by atoms with E-state index in [-0.39, 0.29) is 18.3 Å². The third-order valence-corrected chi connectivity index (χ3v) is 4.60. The predicted molar refractivity (Wildman–Crippen MR) is 93.3 cm³/mol. The third kappa shape index (κ3) is 3.03. The molecule has 3 rings (SSSR count). The second kappa shape index (κ2) is 6.46. The summed E-state index contributed by atoms with van der Waals surface area (Å²) >= 11 is 3.43. The lowest BCUT2D eigenvalue weighted by Gasteiger charge is -2.15. The molecule has 1 aliphatic rings. The first-order valence-electron chi connectivity index (χ1n) is 7.22. The van der Waals surface area contributed by atoms with Crippen molar-refractivity contribution in [2.75, 3.05) is 12.3 Å². The molecule has 0 bridgehead atoms. The van der Waals surface area contributed by atoms with Crippen molar-refractivity contribution in [1.29, 1.82) is 5.26 Å². The molecular formula is C18H13BrFN3O. The van der Waals surface area contributed by atoms with Gasteiger partial charge in [0.05, 0.1) is 18.2 Å². The quantitative estimate of drug-likeness (QED) is 0.646. The maximum absolute atomic E-state index is 13.0. The van der Waals surface area contributed by atoms with E-state index in [0.717, 1.165) is 10.0 Å². The SMILES string of the molecule is N#C/C(=C\c1ccc(F)cc1)CN1Cc2c(Br)ccc(N)c2C1=O. The molecule has 0 unspecified atom stereocenters. The lowest BCUT2D eigenvalue weighted by Crippen LogP contribution is -2.26. The van der Waals surface area contributed by atoms with Gasteiger partial charge < -0.3 is 10.6 Å². The number of benzene rings is 2. The number of nitriles is 1. The van der Waals surface area contributed by atoms with E-state index in [2.05, 4.69) is 22.0 Å². The molecule has 2 aromatic carbocycles. The molecule has 24 heavy (non-hydrogen) atoms. The van der Waals surface area contributed by atoms with Crippen molar-refractivity contribution in [3.8, 4) is 6.07 Å². The number of anilines is 1. The van der Waals surface area contributed by atoms with Gasteiger partial charge in [0.15, 0.2) is 0 Å². The van der Waals surface area contributed by atoms with Crippen molar-refractivity contribution in [2.45, 2.75) is 6.54 Å². The first kappa shape index (κ1) is 16.2. The molecule has 1 aliphatic heterocycles. The number of carbonyl (C=O) groups excluding carboxylic acids is 1. The van der Waals surface area contributed by atoms with E-state index in [9.17, 15) is 14.4 Å². The number of halogens is 2. The fourth-order valence-electron chi connectivity index (χ4n) is 2.68. The van der Waals surface area contributed by atoms with E-state index in [0.29, 0.717) is 28.9 Å². The Labute approximate surface area is 147 Å². The van der Waals surface area contributed by atoms with E-state index < -0.39 is 0 Å². The molecule has 0 aromatic heterocycles. The summed E-state index contributed by atoms with van der Waals surface area (Å²) in [5.74, 6) is -0.528. The van der Waals surface area contributed by atoms with Gasteiger partial charge >= 0.3 is 0 Å². The Hall–Kier alpha value is -2.65. The molecule has 6 heteroatoms. The van der Waals surface area contributed by atoms with Gasteiger partial charge in [0.25, 0.3) is 5.91 Å². The van der Waals surface area contributed by atoms with Crippen LogP contribution in [-0.4, -0.2) is 17.4 Å².